The van der Waals surface area contributed by atoms with Crippen molar-refractivity contribution in [3.05, 3.63) is 113 Å². The first kappa shape index (κ1) is 30.1. The summed E-state index contributed by atoms with van der Waals surface area (Å²) >= 11 is 0. The Hall–Kier alpha value is -4.91. The Morgan fingerprint density at radius 2 is 1.07 bits per heavy atom. The van der Waals surface area contributed by atoms with Gasteiger partial charge in [0.05, 0.1) is 33.0 Å². The van der Waals surface area contributed by atoms with E-state index in [1.807, 2.05) is 80.6 Å². The maximum Gasteiger partial charge on any atom is 0.189 e. The molecule has 0 fully saturated rings. The molecule has 0 aliphatic heterocycles. The minimum absolute atomic E-state index is 0.210. The molecule has 42 heavy (non-hydrogen) atoms. The molecule has 7 nitrogen and oxygen atoms in total. The molecule has 0 saturated heterocycles. The number of ether oxygens (including phenoxy) is 6. The van der Waals surface area contributed by atoms with Gasteiger partial charge in [0, 0.05) is 17.7 Å². The highest BCUT2D eigenvalue weighted by molar-refractivity contribution is 6.08. The quantitative estimate of drug-likeness (QED) is 0.108. The summed E-state index contributed by atoms with van der Waals surface area (Å²) < 4.78 is 34.1. The van der Waals surface area contributed by atoms with Gasteiger partial charge in [-0.05, 0) is 85.7 Å². The summed E-state index contributed by atoms with van der Waals surface area (Å²) in [4.78, 5) is 13.4. The molecule has 0 aromatic heterocycles. The molecule has 4 aromatic carbocycles. The molecule has 4 aromatic rings. The highest BCUT2D eigenvalue weighted by atomic mass is 16.5. The van der Waals surface area contributed by atoms with Crippen LogP contribution in [0.3, 0.4) is 0 Å². The smallest absolute Gasteiger partial charge is 0.189 e. The molecule has 0 unspecified atom stereocenters. The second-order valence-corrected chi connectivity index (χ2v) is 9.19. The number of carbonyl (C=O) groups excluding carboxylic acids is 1. The van der Waals surface area contributed by atoms with Crippen LogP contribution < -0.4 is 28.4 Å². The number of carbonyl (C=O) groups is 1. The first-order valence-electron chi connectivity index (χ1n) is 13.8. The third kappa shape index (κ3) is 8.30. The topological polar surface area (TPSA) is 72.5 Å². The van der Waals surface area contributed by atoms with Gasteiger partial charge in [-0.15, -0.1) is 0 Å². The van der Waals surface area contributed by atoms with Gasteiger partial charge in [-0.2, -0.15) is 0 Å². The van der Waals surface area contributed by atoms with Crippen molar-refractivity contribution in [3.63, 3.8) is 0 Å². The Bertz CT molecular complexity index is 1470. The predicted molar refractivity (Wildman–Crippen MR) is 163 cm³/mol. The summed E-state index contributed by atoms with van der Waals surface area (Å²) in [5.74, 6) is 3.69. The lowest BCUT2D eigenvalue weighted by atomic mass is 10.1. The number of methoxy groups -OCH3 is 2. The van der Waals surface area contributed by atoms with Gasteiger partial charge in [-0.3, -0.25) is 4.79 Å². The second-order valence-electron chi connectivity index (χ2n) is 9.19. The van der Waals surface area contributed by atoms with E-state index >= 15 is 0 Å². The van der Waals surface area contributed by atoms with Crippen LogP contribution in [-0.4, -0.2) is 33.2 Å². The summed E-state index contributed by atoms with van der Waals surface area (Å²) in [7, 11) is 3.26. The molecule has 0 atom stereocenters. The molecule has 0 heterocycles. The van der Waals surface area contributed by atoms with Crippen LogP contribution in [0.2, 0.25) is 0 Å². The molecule has 0 bridgehead atoms. The number of allylic oxidation sites excluding steroid dienone is 1. The van der Waals surface area contributed by atoms with Crippen molar-refractivity contribution < 1.29 is 33.2 Å². The highest BCUT2D eigenvalue weighted by Gasteiger charge is 2.14. The molecule has 0 amide bonds. The van der Waals surface area contributed by atoms with Gasteiger partial charge in [-0.1, -0.05) is 24.3 Å². The van der Waals surface area contributed by atoms with Crippen LogP contribution >= 0.6 is 0 Å². The third-order valence-electron chi connectivity index (χ3n) is 6.35. The van der Waals surface area contributed by atoms with Crippen molar-refractivity contribution >= 4 is 11.9 Å². The van der Waals surface area contributed by atoms with Crippen LogP contribution in [0.1, 0.15) is 40.9 Å². The first-order valence-corrected chi connectivity index (χ1v) is 13.8. The lowest BCUT2D eigenvalue weighted by molar-refractivity contribution is 0.104. The monoisotopic (exact) mass is 568 g/mol. The fourth-order valence-corrected chi connectivity index (χ4v) is 4.14. The molecule has 4 rings (SSSR count). The van der Waals surface area contributed by atoms with Crippen molar-refractivity contribution in [2.24, 2.45) is 0 Å². The van der Waals surface area contributed by atoms with Gasteiger partial charge in [0.1, 0.15) is 47.7 Å². The summed E-state index contributed by atoms with van der Waals surface area (Å²) in [6.45, 7) is 5.49. The predicted octanol–water partition coefficient (Wildman–Crippen LogP) is 7.56. The van der Waals surface area contributed by atoms with Gasteiger partial charge >= 0.3 is 0 Å². The fraction of sp³-hybridized carbons (Fsp3) is 0.229. The molecule has 0 saturated carbocycles. The second kappa shape index (κ2) is 15.2. The minimum atomic E-state index is -0.210. The van der Waals surface area contributed by atoms with Crippen LogP contribution in [0.4, 0.5) is 0 Å². The van der Waals surface area contributed by atoms with Gasteiger partial charge in [0.2, 0.25) is 0 Å². The van der Waals surface area contributed by atoms with E-state index in [1.165, 1.54) is 6.08 Å². The lowest BCUT2D eigenvalue weighted by Gasteiger charge is -2.13. The summed E-state index contributed by atoms with van der Waals surface area (Å²) in [5.41, 5.74) is 3.10. The molecular formula is C35H36O7. The van der Waals surface area contributed by atoms with E-state index in [9.17, 15) is 4.79 Å². The molecule has 0 N–H and O–H groups in total. The van der Waals surface area contributed by atoms with Crippen LogP contribution in [-0.2, 0) is 13.2 Å². The van der Waals surface area contributed by atoms with Crippen molar-refractivity contribution in [3.8, 4) is 34.5 Å². The van der Waals surface area contributed by atoms with E-state index in [0.29, 0.717) is 48.4 Å². The summed E-state index contributed by atoms with van der Waals surface area (Å²) in [5, 5.41) is 0. The van der Waals surface area contributed by atoms with E-state index in [-0.39, 0.29) is 12.4 Å². The Morgan fingerprint density at radius 3 is 1.60 bits per heavy atom. The zero-order valence-electron chi connectivity index (χ0n) is 24.4. The average Bonchev–Trinajstić information content (AvgIpc) is 3.03. The van der Waals surface area contributed by atoms with Crippen LogP contribution in [0.15, 0.2) is 91.0 Å². The van der Waals surface area contributed by atoms with Crippen molar-refractivity contribution in [1.82, 2.24) is 0 Å². The summed E-state index contributed by atoms with van der Waals surface area (Å²) in [6, 6.07) is 26.1. The Labute approximate surface area is 247 Å². The SMILES string of the molecule is CCOc1ccc(C=CC(=O)c2ccc(OCC)cc2OCc2ccc(OC)cc2)c(OCc2ccc(OC)cc2)c1. The molecule has 7 heteroatoms. The standard InChI is InChI=1S/C35H36O7/c1-5-39-30-17-11-27(34(21-30)41-23-25-7-13-28(37-3)14-8-25)12-20-33(36)32-19-18-31(40-6-2)22-35(32)42-24-26-9-15-29(38-4)16-10-26/h7-22H,5-6,23-24H2,1-4H3. The maximum absolute atomic E-state index is 13.4. The van der Waals surface area contributed by atoms with E-state index in [4.69, 9.17) is 28.4 Å². The van der Waals surface area contributed by atoms with Crippen molar-refractivity contribution in [1.29, 1.82) is 0 Å². The average molecular weight is 569 g/mol. The van der Waals surface area contributed by atoms with Gasteiger partial charge in [-0.25, -0.2) is 0 Å². The maximum atomic E-state index is 13.4. The van der Waals surface area contributed by atoms with Gasteiger partial charge in [0.15, 0.2) is 5.78 Å². The number of hydrogen-bond acceptors (Lipinski definition) is 7. The molecule has 0 radical (unpaired) electrons. The highest BCUT2D eigenvalue weighted by Crippen LogP contribution is 2.30. The Balaban J connectivity index is 1.54. The van der Waals surface area contributed by atoms with Crippen LogP contribution in [0.5, 0.6) is 34.5 Å². The zero-order valence-corrected chi connectivity index (χ0v) is 24.4. The molecule has 218 valence electrons. The third-order valence-corrected chi connectivity index (χ3v) is 6.35. The first-order chi connectivity index (χ1) is 20.5. The molecule has 0 spiro atoms. The largest absolute Gasteiger partial charge is 0.497 e. The van der Waals surface area contributed by atoms with Crippen LogP contribution in [0.25, 0.3) is 6.08 Å². The zero-order chi connectivity index (χ0) is 29.7. The van der Waals surface area contributed by atoms with Gasteiger partial charge < -0.3 is 28.4 Å². The van der Waals surface area contributed by atoms with Crippen molar-refractivity contribution in [2.75, 3.05) is 27.4 Å². The van der Waals surface area contributed by atoms with E-state index < -0.39 is 0 Å². The molecule has 0 aliphatic carbocycles. The van der Waals surface area contributed by atoms with Crippen molar-refractivity contribution in [2.45, 2.75) is 27.1 Å². The number of rotatable bonds is 15. The number of hydrogen-bond donors (Lipinski definition) is 0. The minimum Gasteiger partial charge on any atom is -0.497 e. The van der Waals surface area contributed by atoms with E-state index in [2.05, 4.69) is 0 Å². The van der Waals surface area contributed by atoms with E-state index in [1.54, 1.807) is 38.5 Å². The Kier molecular flexibility index (Phi) is 10.9. The number of ketones is 1. The molecular weight excluding hydrogens is 532 g/mol. The lowest BCUT2D eigenvalue weighted by Crippen LogP contribution is -2.04. The number of benzene rings is 4. The Morgan fingerprint density at radius 1 is 0.595 bits per heavy atom. The summed E-state index contributed by atoms with van der Waals surface area (Å²) in [6.07, 6.45) is 3.26. The fourth-order valence-electron chi connectivity index (χ4n) is 4.14. The van der Waals surface area contributed by atoms with E-state index in [0.717, 1.165) is 28.2 Å². The van der Waals surface area contributed by atoms with Gasteiger partial charge in [0.25, 0.3) is 0 Å². The normalized spacial score (nSPS) is 10.8. The van der Waals surface area contributed by atoms with Crippen LogP contribution in [0, 0.1) is 0 Å². The molecule has 0 aliphatic rings.